The minimum absolute atomic E-state index is 0.0193. The van der Waals surface area contributed by atoms with Crippen molar-refractivity contribution < 1.29 is 22.8 Å². The van der Waals surface area contributed by atoms with Crippen molar-refractivity contribution in [2.75, 3.05) is 23.8 Å². The molecule has 2 aliphatic heterocycles. The molecule has 2 unspecified atom stereocenters. The van der Waals surface area contributed by atoms with Crippen LogP contribution >= 0.6 is 34.5 Å². The number of amidine groups is 2. The second-order valence-corrected chi connectivity index (χ2v) is 11.4. The second-order valence-electron chi connectivity index (χ2n) is 6.84. The van der Waals surface area contributed by atoms with E-state index in [0.29, 0.717) is 23.6 Å². The van der Waals surface area contributed by atoms with Crippen LogP contribution in [0.1, 0.15) is 12.8 Å². The Kier molecular flexibility index (Phi) is 6.77. The molecule has 0 saturated carbocycles. The second kappa shape index (κ2) is 9.25. The van der Waals surface area contributed by atoms with Crippen LogP contribution in [0.4, 0.5) is 11.4 Å². The standard InChI is InChI=1S/C17H17Cl2N5O5S3/c18-10-4-1-5-11(13(10)19)20-15-16(23-31(27)22-15)21-12-8-30-17(14(12)26)32(28,29)24-6-2-3-9(24)7-25/h1,4-5,8-9,25-26H,2-3,6-7H2,(H,20,22)(H,21,23). The van der Waals surface area contributed by atoms with E-state index in [-0.39, 0.29) is 39.7 Å². The zero-order valence-corrected chi connectivity index (χ0v) is 20.1. The van der Waals surface area contributed by atoms with E-state index >= 15 is 0 Å². The summed E-state index contributed by atoms with van der Waals surface area (Å²) in [6, 6.07) is 4.37. The molecule has 4 N–H and O–H groups in total. The van der Waals surface area contributed by atoms with Gasteiger partial charge >= 0.3 is 0 Å². The molecule has 0 aliphatic carbocycles. The fourth-order valence-corrected chi connectivity index (χ4v) is 7.30. The molecular weight excluding hydrogens is 521 g/mol. The van der Waals surface area contributed by atoms with Crippen LogP contribution in [0.2, 0.25) is 10.0 Å². The number of rotatable bonds is 5. The molecule has 1 fully saturated rings. The monoisotopic (exact) mass is 537 g/mol. The summed E-state index contributed by atoms with van der Waals surface area (Å²) in [4.78, 5) is 0. The lowest BCUT2D eigenvalue weighted by Crippen LogP contribution is -2.37. The molecule has 32 heavy (non-hydrogen) atoms. The lowest BCUT2D eigenvalue weighted by Gasteiger charge is -2.21. The molecule has 0 radical (unpaired) electrons. The third-order valence-electron chi connectivity index (χ3n) is 4.83. The Balaban J connectivity index is 1.58. The van der Waals surface area contributed by atoms with Crippen molar-refractivity contribution in [3.05, 3.63) is 33.6 Å². The highest BCUT2D eigenvalue weighted by atomic mass is 35.5. The molecule has 2 atom stereocenters. The number of aliphatic hydroxyl groups excluding tert-OH is 1. The van der Waals surface area contributed by atoms with E-state index in [9.17, 15) is 22.8 Å². The van der Waals surface area contributed by atoms with Gasteiger partial charge < -0.3 is 20.8 Å². The van der Waals surface area contributed by atoms with Crippen molar-refractivity contribution in [3.8, 4) is 5.75 Å². The molecule has 0 amide bonds. The molecule has 0 bridgehead atoms. The van der Waals surface area contributed by atoms with Gasteiger partial charge in [0.2, 0.25) is 0 Å². The highest BCUT2D eigenvalue weighted by Crippen LogP contribution is 2.41. The molecule has 3 heterocycles. The Morgan fingerprint density at radius 2 is 1.91 bits per heavy atom. The summed E-state index contributed by atoms with van der Waals surface area (Å²) >= 11 is 11.1. The van der Waals surface area contributed by atoms with Crippen LogP contribution in [0.15, 0.2) is 36.6 Å². The number of anilines is 2. The summed E-state index contributed by atoms with van der Waals surface area (Å²) in [5.74, 6) is -0.410. The molecule has 2 aliphatic rings. The number of aliphatic hydroxyl groups is 1. The number of thiophene rings is 1. The van der Waals surface area contributed by atoms with Crippen LogP contribution in [0, 0.1) is 0 Å². The van der Waals surface area contributed by atoms with Crippen molar-refractivity contribution in [3.63, 3.8) is 0 Å². The molecule has 15 heteroatoms. The summed E-state index contributed by atoms with van der Waals surface area (Å²) in [5.41, 5.74) is 0.450. The van der Waals surface area contributed by atoms with Gasteiger partial charge in [-0.05, 0) is 25.0 Å². The highest BCUT2D eigenvalue weighted by molar-refractivity contribution is 7.91. The van der Waals surface area contributed by atoms with E-state index in [2.05, 4.69) is 19.4 Å². The van der Waals surface area contributed by atoms with Gasteiger partial charge in [-0.15, -0.1) is 20.1 Å². The molecule has 0 spiro atoms. The Morgan fingerprint density at radius 1 is 1.22 bits per heavy atom. The average Bonchev–Trinajstić information content (AvgIpc) is 3.46. The topological polar surface area (TPSA) is 144 Å². The normalized spacial score (nSPS) is 21.5. The molecular formula is C17H17Cl2N5O5S3. The smallest absolute Gasteiger partial charge is 0.269 e. The van der Waals surface area contributed by atoms with E-state index in [1.54, 1.807) is 18.2 Å². The van der Waals surface area contributed by atoms with Crippen molar-refractivity contribution in [1.29, 1.82) is 0 Å². The zero-order chi connectivity index (χ0) is 23.0. The predicted octanol–water partition coefficient (Wildman–Crippen LogP) is 2.82. The molecule has 10 nitrogen and oxygen atoms in total. The largest absolute Gasteiger partial charge is 0.504 e. The number of sulfonamides is 1. The van der Waals surface area contributed by atoms with Crippen LogP contribution in [0.3, 0.4) is 0 Å². The number of benzene rings is 1. The van der Waals surface area contributed by atoms with E-state index in [4.69, 9.17) is 23.2 Å². The summed E-state index contributed by atoms with van der Waals surface area (Å²) in [6.45, 7) is -0.0306. The molecule has 1 saturated heterocycles. The van der Waals surface area contributed by atoms with Gasteiger partial charge in [-0.2, -0.15) is 4.31 Å². The first kappa shape index (κ1) is 23.4. The van der Waals surface area contributed by atoms with Crippen molar-refractivity contribution >= 4 is 78.8 Å². The fourth-order valence-electron chi connectivity index (χ4n) is 3.30. The molecule has 2 aromatic rings. The Morgan fingerprint density at radius 3 is 2.59 bits per heavy atom. The summed E-state index contributed by atoms with van der Waals surface area (Å²) in [5, 5.41) is 27.7. The van der Waals surface area contributed by atoms with Gasteiger partial charge in [0.1, 0.15) is 0 Å². The Hall–Kier alpha value is -1.74. The lowest BCUT2D eigenvalue weighted by molar-refractivity contribution is 0.213. The van der Waals surface area contributed by atoms with E-state index < -0.39 is 33.0 Å². The third-order valence-corrected chi connectivity index (χ3v) is 9.77. The predicted molar refractivity (Wildman–Crippen MR) is 127 cm³/mol. The minimum Gasteiger partial charge on any atom is -0.504 e. The van der Waals surface area contributed by atoms with Crippen LogP contribution in [-0.4, -0.2) is 58.0 Å². The maximum absolute atomic E-state index is 13.0. The zero-order valence-electron chi connectivity index (χ0n) is 16.2. The SMILES string of the molecule is O=S1N=C(Nc2csc(S(=O)(=O)N3CCCC3CO)c2O)C(Nc2cccc(Cl)c2Cl)=N1. The van der Waals surface area contributed by atoms with Gasteiger partial charge in [-0.3, -0.25) is 0 Å². The number of hydrogen-bond donors (Lipinski definition) is 4. The van der Waals surface area contributed by atoms with Crippen LogP contribution in [0.5, 0.6) is 5.75 Å². The van der Waals surface area contributed by atoms with E-state index in [1.165, 1.54) is 9.69 Å². The first-order chi connectivity index (χ1) is 15.2. The van der Waals surface area contributed by atoms with Gasteiger partial charge in [-0.1, -0.05) is 29.3 Å². The van der Waals surface area contributed by atoms with Gasteiger partial charge in [0.15, 0.2) is 21.6 Å². The quantitative estimate of drug-likeness (QED) is 0.458. The first-order valence-electron chi connectivity index (χ1n) is 9.23. The maximum Gasteiger partial charge on any atom is 0.269 e. The van der Waals surface area contributed by atoms with Gasteiger partial charge in [-0.25, -0.2) is 12.6 Å². The minimum atomic E-state index is -4.00. The van der Waals surface area contributed by atoms with E-state index in [0.717, 1.165) is 11.3 Å². The van der Waals surface area contributed by atoms with Crippen LogP contribution < -0.4 is 10.6 Å². The summed E-state index contributed by atoms with van der Waals surface area (Å²) in [7, 11) is -4.00. The number of hydrogen-bond acceptors (Lipinski definition) is 8. The molecule has 172 valence electrons. The highest BCUT2D eigenvalue weighted by Gasteiger charge is 2.38. The molecule has 4 rings (SSSR count). The van der Waals surface area contributed by atoms with Gasteiger partial charge in [0.25, 0.3) is 21.2 Å². The number of nitrogens with zero attached hydrogens (tertiary/aromatic N) is 3. The lowest BCUT2D eigenvalue weighted by atomic mass is 10.2. The van der Waals surface area contributed by atoms with Gasteiger partial charge in [0, 0.05) is 18.0 Å². The van der Waals surface area contributed by atoms with Crippen LogP contribution in [0.25, 0.3) is 0 Å². The first-order valence-corrected chi connectivity index (χ1v) is 13.4. The number of nitrogens with one attached hydrogen (secondary N) is 2. The number of aromatic hydroxyl groups is 1. The fraction of sp³-hybridized carbons (Fsp3) is 0.294. The maximum atomic E-state index is 13.0. The number of halogens is 2. The average molecular weight is 538 g/mol. The third kappa shape index (κ3) is 4.38. The Bertz CT molecular complexity index is 1250. The van der Waals surface area contributed by atoms with Crippen molar-refractivity contribution in [1.82, 2.24) is 4.31 Å². The van der Waals surface area contributed by atoms with Crippen molar-refractivity contribution in [2.45, 2.75) is 23.1 Å². The molecule has 1 aromatic heterocycles. The van der Waals surface area contributed by atoms with Gasteiger partial charge in [0.05, 0.1) is 28.0 Å². The Labute approximate surface area is 200 Å². The summed E-state index contributed by atoms with van der Waals surface area (Å²) in [6.07, 6.45) is 1.18. The van der Waals surface area contributed by atoms with Crippen LogP contribution in [-0.2, 0) is 21.2 Å². The van der Waals surface area contributed by atoms with E-state index in [1.807, 2.05) is 0 Å². The van der Waals surface area contributed by atoms with Crippen molar-refractivity contribution in [2.24, 2.45) is 8.80 Å². The molecule has 1 aromatic carbocycles. The summed E-state index contributed by atoms with van der Waals surface area (Å²) < 4.78 is 46.6.